The zero-order valence-corrected chi connectivity index (χ0v) is 8.60. The summed E-state index contributed by atoms with van der Waals surface area (Å²) in [5, 5.41) is 1.26. The number of hydrogen-bond acceptors (Lipinski definition) is 2. The van der Waals surface area contributed by atoms with E-state index in [1.54, 1.807) is 11.3 Å². The molecule has 1 heterocycles. The Balaban J connectivity index is 2.60. The molecule has 0 radical (unpaired) electrons. The second kappa shape index (κ2) is 3.81. The molecule has 0 spiro atoms. The minimum absolute atomic E-state index is 0.496. The van der Waals surface area contributed by atoms with Crippen LogP contribution < -0.4 is 5.73 Å². The van der Waals surface area contributed by atoms with Crippen molar-refractivity contribution in [1.82, 2.24) is 0 Å². The van der Waals surface area contributed by atoms with E-state index in [0.29, 0.717) is 6.54 Å². The summed E-state index contributed by atoms with van der Waals surface area (Å²) in [6.07, 6.45) is 0. The van der Waals surface area contributed by atoms with Gasteiger partial charge in [-0.3, -0.25) is 0 Å². The fraction of sp³-hybridized carbons (Fsp3) is 0.0833. The van der Waals surface area contributed by atoms with Crippen molar-refractivity contribution in [3.05, 3.63) is 47.5 Å². The largest absolute Gasteiger partial charge is 0.326 e. The van der Waals surface area contributed by atoms with E-state index in [1.165, 1.54) is 15.0 Å². The van der Waals surface area contributed by atoms with Gasteiger partial charge in [0.2, 0.25) is 0 Å². The molecule has 1 nitrogen and oxygen atoms in total. The van der Waals surface area contributed by atoms with Crippen LogP contribution in [0.1, 0.15) is 4.88 Å². The molecule has 2 rings (SSSR count). The van der Waals surface area contributed by atoms with Crippen LogP contribution in [-0.2, 0) is 0 Å². The van der Waals surface area contributed by atoms with E-state index in [2.05, 4.69) is 30.5 Å². The lowest BCUT2D eigenvalue weighted by molar-refractivity contribution is 1.28. The first-order valence-corrected chi connectivity index (χ1v) is 5.24. The fourth-order valence-corrected chi connectivity index (χ4v) is 2.48. The molecule has 70 valence electrons. The number of fused-ring (bicyclic) bond motifs is 1. The van der Waals surface area contributed by atoms with E-state index in [0.717, 1.165) is 5.57 Å². The lowest BCUT2D eigenvalue weighted by Crippen LogP contribution is -1.99. The quantitative estimate of drug-likeness (QED) is 0.743. The predicted octanol–water partition coefficient (Wildman–Crippen LogP) is 3.03. The van der Waals surface area contributed by atoms with Gasteiger partial charge < -0.3 is 5.73 Å². The summed E-state index contributed by atoms with van der Waals surface area (Å²) in [5.74, 6) is 0. The van der Waals surface area contributed by atoms with E-state index >= 15 is 0 Å². The highest BCUT2D eigenvalue weighted by Crippen LogP contribution is 2.29. The number of rotatable bonds is 2. The van der Waals surface area contributed by atoms with Gasteiger partial charge in [0.05, 0.1) is 0 Å². The average Bonchev–Trinajstić information content (AvgIpc) is 2.63. The SMILES string of the molecule is C=C=C(CN)c1cc2ccccc2s1. The van der Waals surface area contributed by atoms with E-state index in [-0.39, 0.29) is 0 Å². The number of benzene rings is 1. The van der Waals surface area contributed by atoms with Crippen molar-refractivity contribution < 1.29 is 0 Å². The summed E-state index contributed by atoms with van der Waals surface area (Å²) < 4.78 is 1.28. The molecular weight excluding hydrogens is 190 g/mol. The molecule has 0 aliphatic rings. The molecule has 2 N–H and O–H groups in total. The topological polar surface area (TPSA) is 26.0 Å². The Morgan fingerprint density at radius 1 is 1.43 bits per heavy atom. The molecule has 1 aromatic carbocycles. The number of hydrogen-bond donors (Lipinski definition) is 1. The van der Waals surface area contributed by atoms with Gasteiger partial charge in [0.25, 0.3) is 0 Å². The fourth-order valence-electron chi connectivity index (χ4n) is 1.39. The Hall–Kier alpha value is -1.34. The maximum Gasteiger partial charge on any atom is 0.0404 e. The van der Waals surface area contributed by atoms with Gasteiger partial charge in [-0.25, -0.2) is 0 Å². The summed E-state index contributed by atoms with van der Waals surface area (Å²) in [6, 6.07) is 10.4. The second-order valence-corrected chi connectivity index (χ2v) is 4.09. The lowest BCUT2D eigenvalue weighted by Gasteiger charge is -1.93. The van der Waals surface area contributed by atoms with Crippen LogP contribution in [0.4, 0.5) is 0 Å². The van der Waals surface area contributed by atoms with Crippen LogP contribution in [0.2, 0.25) is 0 Å². The first-order chi connectivity index (χ1) is 6.85. The number of thiophene rings is 1. The molecule has 0 bridgehead atoms. The summed E-state index contributed by atoms with van der Waals surface area (Å²) in [5.41, 5.74) is 9.48. The smallest absolute Gasteiger partial charge is 0.0404 e. The van der Waals surface area contributed by atoms with Gasteiger partial charge >= 0.3 is 0 Å². The third-order valence-electron chi connectivity index (χ3n) is 2.14. The van der Waals surface area contributed by atoms with Gasteiger partial charge in [0.1, 0.15) is 0 Å². The zero-order valence-electron chi connectivity index (χ0n) is 7.79. The van der Waals surface area contributed by atoms with Gasteiger partial charge in [-0.2, -0.15) is 0 Å². The average molecular weight is 201 g/mol. The zero-order chi connectivity index (χ0) is 9.97. The molecule has 1 aromatic heterocycles. The van der Waals surface area contributed by atoms with Crippen LogP contribution >= 0.6 is 11.3 Å². The van der Waals surface area contributed by atoms with Gasteiger partial charge in [-0.1, -0.05) is 24.8 Å². The third-order valence-corrected chi connectivity index (χ3v) is 3.32. The van der Waals surface area contributed by atoms with Gasteiger partial charge in [-0.05, 0) is 17.5 Å². The summed E-state index contributed by atoms with van der Waals surface area (Å²) >= 11 is 1.74. The third kappa shape index (κ3) is 1.51. The standard InChI is InChI=1S/C12H11NS/c1-2-9(8-13)12-7-10-5-3-4-6-11(10)14-12/h3-7H,1,8,13H2. The van der Waals surface area contributed by atoms with Crippen molar-refractivity contribution in [2.45, 2.75) is 0 Å². The molecule has 2 heteroatoms. The molecule has 0 aliphatic carbocycles. The molecule has 0 saturated carbocycles. The van der Waals surface area contributed by atoms with E-state index in [9.17, 15) is 0 Å². The lowest BCUT2D eigenvalue weighted by atomic mass is 10.2. The first kappa shape index (κ1) is 9.22. The normalized spacial score (nSPS) is 10.1. The van der Waals surface area contributed by atoms with Crippen molar-refractivity contribution in [2.75, 3.05) is 6.54 Å². The summed E-state index contributed by atoms with van der Waals surface area (Å²) in [4.78, 5) is 1.17. The van der Waals surface area contributed by atoms with Gasteiger partial charge in [-0.15, -0.1) is 17.1 Å². The maximum atomic E-state index is 5.60. The number of nitrogens with two attached hydrogens (primary N) is 1. The molecular formula is C12H11NS. The minimum Gasteiger partial charge on any atom is -0.326 e. The van der Waals surface area contributed by atoms with Crippen molar-refractivity contribution in [3.63, 3.8) is 0 Å². The van der Waals surface area contributed by atoms with E-state index in [4.69, 9.17) is 5.73 Å². The first-order valence-electron chi connectivity index (χ1n) is 4.43. The molecule has 0 aliphatic heterocycles. The molecule has 0 amide bonds. The molecule has 0 saturated heterocycles. The molecule has 0 fully saturated rings. The minimum atomic E-state index is 0.496. The van der Waals surface area contributed by atoms with Crippen molar-refractivity contribution in [1.29, 1.82) is 0 Å². The van der Waals surface area contributed by atoms with Gasteiger partial charge in [0.15, 0.2) is 0 Å². The van der Waals surface area contributed by atoms with E-state index < -0.39 is 0 Å². The maximum absolute atomic E-state index is 5.60. The molecule has 0 atom stereocenters. The Labute approximate surface area is 87.2 Å². The monoisotopic (exact) mass is 201 g/mol. The molecule has 14 heavy (non-hydrogen) atoms. The summed E-state index contributed by atoms with van der Waals surface area (Å²) in [6.45, 7) is 4.14. The molecule has 0 unspecified atom stereocenters. The van der Waals surface area contributed by atoms with Crippen LogP contribution in [-0.4, -0.2) is 6.54 Å². The van der Waals surface area contributed by atoms with Gasteiger partial charge in [0, 0.05) is 21.7 Å². The van der Waals surface area contributed by atoms with Crippen molar-refractivity contribution in [3.8, 4) is 0 Å². The van der Waals surface area contributed by atoms with E-state index in [1.807, 2.05) is 12.1 Å². The highest BCUT2D eigenvalue weighted by atomic mass is 32.1. The highest BCUT2D eigenvalue weighted by molar-refractivity contribution is 7.20. The van der Waals surface area contributed by atoms with Crippen LogP contribution in [0.25, 0.3) is 15.7 Å². The Morgan fingerprint density at radius 3 is 2.86 bits per heavy atom. The van der Waals surface area contributed by atoms with Crippen molar-refractivity contribution in [2.24, 2.45) is 5.73 Å². The Morgan fingerprint density at radius 2 is 2.21 bits per heavy atom. The Bertz CT molecular complexity index is 471. The highest BCUT2D eigenvalue weighted by Gasteiger charge is 2.03. The Kier molecular flexibility index (Phi) is 2.51. The van der Waals surface area contributed by atoms with Crippen molar-refractivity contribution >= 4 is 27.0 Å². The van der Waals surface area contributed by atoms with Crippen LogP contribution in [0.15, 0.2) is 42.6 Å². The van der Waals surface area contributed by atoms with Crippen LogP contribution in [0.3, 0.4) is 0 Å². The van der Waals surface area contributed by atoms with Crippen LogP contribution in [0, 0.1) is 0 Å². The molecule has 2 aromatic rings. The summed E-state index contributed by atoms with van der Waals surface area (Å²) in [7, 11) is 0. The predicted molar refractivity (Wildman–Crippen MR) is 63.4 cm³/mol. The van der Waals surface area contributed by atoms with Crippen LogP contribution in [0.5, 0.6) is 0 Å². The second-order valence-electron chi connectivity index (χ2n) is 3.01.